The zero-order valence-corrected chi connectivity index (χ0v) is 14.9. The average molecular weight is 377 g/mol. The lowest BCUT2D eigenvalue weighted by Gasteiger charge is -2.12. The van der Waals surface area contributed by atoms with Crippen LogP contribution in [0.5, 0.6) is 5.75 Å². The first-order valence-corrected chi connectivity index (χ1v) is 8.34. The number of aromatic nitrogens is 2. The van der Waals surface area contributed by atoms with Gasteiger partial charge in [0.2, 0.25) is 0 Å². The summed E-state index contributed by atoms with van der Waals surface area (Å²) in [6.45, 7) is 1.11. The molecule has 0 saturated carbocycles. The van der Waals surface area contributed by atoms with Crippen LogP contribution in [0.2, 0.25) is 5.02 Å². The maximum Gasteiger partial charge on any atom is 0.144 e. The quantitative estimate of drug-likeness (QED) is 0.476. The minimum absolute atomic E-state index is 0.0274. The third kappa shape index (κ3) is 4.12. The summed E-state index contributed by atoms with van der Waals surface area (Å²) in [5, 5.41) is 3.85. The average Bonchev–Trinajstić information content (AvgIpc) is 2.63. The van der Waals surface area contributed by atoms with Crippen molar-refractivity contribution in [3.63, 3.8) is 0 Å². The van der Waals surface area contributed by atoms with Gasteiger partial charge >= 0.3 is 0 Å². The van der Waals surface area contributed by atoms with E-state index in [1.54, 1.807) is 25.3 Å². The molecule has 26 heavy (non-hydrogen) atoms. The molecule has 3 N–H and O–H groups in total. The third-order valence-corrected chi connectivity index (χ3v) is 3.99. The van der Waals surface area contributed by atoms with Crippen molar-refractivity contribution in [3.8, 4) is 5.75 Å². The zero-order chi connectivity index (χ0) is 18.5. The largest absolute Gasteiger partial charge is 0.491 e. The fraction of sp³-hybridized carbons (Fsp3) is 0.222. The summed E-state index contributed by atoms with van der Waals surface area (Å²) in [6, 6.07) is 7.86. The Bertz CT molecular complexity index is 923. The minimum atomic E-state index is -0.482. The Morgan fingerprint density at radius 3 is 2.81 bits per heavy atom. The lowest BCUT2D eigenvalue weighted by Crippen LogP contribution is -2.04. The van der Waals surface area contributed by atoms with E-state index in [4.69, 9.17) is 26.8 Å². The van der Waals surface area contributed by atoms with Gasteiger partial charge in [0.1, 0.15) is 23.7 Å². The lowest BCUT2D eigenvalue weighted by molar-refractivity contribution is 0.172. The van der Waals surface area contributed by atoms with Crippen LogP contribution in [0, 0.1) is 5.82 Å². The Labute approximate surface area is 155 Å². The minimum Gasteiger partial charge on any atom is -0.491 e. The van der Waals surface area contributed by atoms with Gasteiger partial charge in [-0.1, -0.05) is 11.6 Å². The summed E-state index contributed by atoms with van der Waals surface area (Å²) < 4.78 is 24.0. The number of nitrogens with zero attached hydrogens (tertiary/aromatic N) is 2. The predicted molar refractivity (Wildman–Crippen MR) is 101 cm³/mol. The number of halogens is 2. The number of nitrogens with one attached hydrogen (secondary N) is 1. The van der Waals surface area contributed by atoms with E-state index in [2.05, 4.69) is 15.3 Å². The maximum absolute atomic E-state index is 13.3. The summed E-state index contributed by atoms with van der Waals surface area (Å²) in [5.41, 5.74) is 7.85. The molecule has 1 aromatic heterocycles. The topological polar surface area (TPSA) is 82.3 Å². The Kier molecular flexibility index (Phi) is 5.70. The molecule has 0 aliphatic rings. The molecule has 1 heterocycles. The fourth-order valence-electron chi connectivity index (χ4n) is 2.42. The first kappa shape index (κ1) is 18.2. The number of rotatable bonds is 7. The summed E-state index contributed by atoms with van der Waals surface area (Å²) in [4.78, 5) is 8.50. The molecule has 0 radical (unpaired) electrons. The van der Waals surface area contributed by atoms with E-state index in [1.807, 2.05) is 0 Å². The highest BCUT2D eigenvalue weighted by Crippen LogP contribution is 2.32. The lowest BCUT2D eigenvalue weighted by atomic mass is 10.2. The highest BCUT2D eigenvalue weighted by Gasteiger charge is 2.10. The first-order chi connectivity index (χ1) is 12.6. The van der Waals surface area contributed by atoms with Crippen molar-refractivity contribution in [1.82, 2.24) is 9.97 Å². The van der Waals surface area contributed by atoms with Gasteiger partial charge in [-0.05, 0) is 24.3 Å². The summed E-state index contributed by atoms with van der Waals surface area (Å²) in [5.74, 6) is 0.614. The molecule has 0 aliphatic carbocycles. The smallest absolute Gasteiger partial charge is 0.144 e. The van der Waals surface area contributed by atoms with E-state index in [0.29, 0.717) is 41.7 Å². The maximum atomic E-state index is 13.3. The molecule has 3 aromatic rings. The molecule has 0 saturated heterocycles. The highest BCUT2D eigenvalue weighted by atomic mass is 35.5. The standard InChI is InChI=1S/C18H18ClFN4O2/c1-25-5-2-6-26-17-9-16-12(8-15(17)21)18(23-10-22-16)24-11-3-4-14(20)13(19)7-11/h3-4,7-10H,2,5-6,21H2,1H3,(H,22,23,24). The number of hydrogen-bond donors (Lipinski definition) is 2. The number of nitrogen functional groups attached to an aromatic ring is 1. The van der Waals surface area contributed by atoms with Gasteiger partial charge in [-0.2, -0.15) is 0 Å². The number of benzene rings is 2. The van der Waals surface area contributed by atoms with Crippen molar-refractivity contribution in [2.75, 3.05) is 31.4 Å². The van der Waals surface area contributed by atoms with Crippen LogP contribution in [-0.4, -0.2) is 30.3 Å². The molecule has 0 unspecified atom stereocenters. The summed E-state index contributed by atoms with van der Waals surface area (Å²) in [7, 11) is 1.64. The highest BCUT2D eigenvalue weighted by molar-refractivity contribution is 6.31. The van der Waals surface area contributed by atoms with Crippen molar-refractivity contribution >= 4 is 39.7 Å². The van der Waals surface area contributed by atoms with E-state index in [-0.39, 0.29) is 5.02 Å². The Hall–Kier alpha value is -2.64. The number of nitrogens with two attached hydrogens (primary N) is 1. The molecule has 3 rings (SSSR count). The van der Waals surface area contributed by atoms with Gasteiger partial charge in [0.05, 0.1) is 22.8 Å². The number of hydrogen-bond acceptors (Lipinski definition) is 6. The molecule has 6 nitrogen and oxygen atoms in total. The number of fused-ring (bicyclic) bond motifs is 1. The van der Waals surface area contributed by atoms with Gasteiger partial charge in [-0.3, -0.25) is 0 Å². The molecule has 0 spiro atoms. The van der Waals surface area contributed by atoms with Crippen molar-refractivity contribution in [2.24, 2.45) is 0 Å². The first-order valence-electron chi connectivity index (χ1n) is 7.96. The van der Waals surface area contributed by atoms with Crippen LogP contribution in [0.25, 0.3) is 10.9 Å². The second-order valence-corrected chi connectivity index (χ2v) is 5.99. The zero-order valence-electron chi connectivity index (χ0n) is 14.1. The van der Waals surface area contributed by atoms with Crippen LogP contribution in [0.3, 0.4) is 0 Å². The normalized spacial score (nSPS) is 10.9. The van der Waals surface area contributed by atoms with E-state index < -0.39 is 5.82 Å². The Morgan fingerprint density at radius 2 is 2.04 bits per heavy atom. The van der Waals surface area contributed by atoms with Crippen molar-refractivity contribution < 1.29 is 13.9 Å². The SMILES string of the molecule is COCCCOc1cc2ncnc(Nc3ccc(F)c(Cl)c3)c2cc1N. The van der Waals surface area contributed by atoms with E-state index in [1.165, 1.54) is 18.5 Å². The molecule has 0 bridgehead atoms. The second kappa shape index (κ2) is 8.16. The third-order valence-electron chi connectivity index (χ3n) is 3.70. The van der Waals surface area contributed by atoms with Crippen LogP contribution < -0.4 is 15.8 Å². The number of ether oxygens (including phenoxy) is 2. The van der Waals surface area contributed by atoms with Gasteiger partial charge in [0, 0.05) is 37.3 Å². The van der Waals surface area contributed by atoms with Gasteiger partial charge in [-0.25, -0.2) is 14.4 Å². The van der Waals surface area contributed by atoms with Crippen molar-refractivity contribution in [3.05, 3.63) is 47.5 Å². The second-order valence-electron chi connectivity index (χ2n) is 5.58. The summed E-state index contributed by atoms with van der Waals surface area (Å²) >= 11 is 5.82. The number of anilines is 3. The van der Waals surface area contributed by atoms with Gasteiger partial charge < -0.3 is 20.5 Å². The van der Waals surface area contributed by atoms with E-state index >= 15 is 0 Å². The monoisotopic (exact) mass is 376 g/mol. The van der Waals surface area contributed by atoms with Gasteiger partial charge in [0.15, 0.2) is 0 Å². The molecule has 0 aliphatic heterocycles. The molecule has 0 fully saturated rings. The predicted octanol–water partition coefficient (Wildman–Crippen LogP) is 4.16. The molecule has 8 heteroatoms. The Balaban J connectivity index is 1.87. The molecular weight excluding hydrogens is 359 g/mol. The molecule has 136 valence electrons. The van der Waals surface area contributed by atoms with Crippen molar-refractivity contribution in [1.29, 1.82) is 0 Å². The number of methoxy groups -OCH3 is 1. The van der Waals surface area contributed by atoms with Crippen LogP contribution in [0.4, 0.5) is 21.6 Å². The van der Waals surface area contributed by atoms with E-state index in [9.17, 15) is 4.39 Å². The van der Waals surface area contributed by atoms with E-state index in [0.717, 1.165) is 11.8 Å². The molecular formula is C18H18ClFN4O2. The molecule has 0 atom stereocenters. The van der Waals surface area contributed by atoms with Crippen LogP contribution in [0.1, 0.15) is 6.42 Å². The van der Waals surface area contributed by atoms with Gasteiger partial charge in [0.25, 0.3) is 0 Å². The van der Waals surface area contributed by atoms with Crippen LogP contribution in [-0.2, 0) is 4.74 Å². The van der Waals surface area contributed by atoms with Gasteiger partial charge in [-0.15, -0.1) is 0 Å². The van der Waals surface area contributed by atoms with Crippen molar-refractivity contribution in [2.45, 2.75) is 6.42 Å². The van der Waals surface area contributed by atoms with Crippen LogP contribution in [0.15, 0.2) is 36.7 Å². The fourth-order valence-corrected chi connectivity index (χ4v) is 2.60. The van der Waals surface area contributed by atoms with Crippen LogP contribution >= 0.6 is 11.6 Å². The Morgan fingerprint density at radius 1 is 1.19 bits per heavy atom. The molecule has 0 amide bonds. The summed E-state index contributed by atoms with van der Waals surface area (Å²) in [6.07, 6.45) is 2.19. The molecule has 2 aromatic carbocycles.